The van der Waals surface area contributed by atoms with E-state index < -0.39 is 11.6 Å². The Labute approximate surface area is 105 Å². The van der Waals surface area contributed by atoms with Crippen molar-refractivity contribution in [1.82, 2.24) is 10.6 Å². The standard InChI is InChI=1S/C13H16F2N2O/c14-10-2-1-9(12(15)7-10)5-6-16-13(18)8-17-11-3-4-11/h1-2,7,11,17H,3-6,8H2,(H,16,18). The second-order valence-electron chi connectivity index (χ2n) is 4.49. The Morgan fingerprint density at radius 1 is 1.33 bits per heavy atom. The first-order chi connectivity index (χ1) is 8.65. The summed E-state index contributed by atoms with van der Waals surface area (Å²) in [5.41, 5.74) is 0.409. The van der Waals surface area contributed by atoms with Crippen molar-refractivity contribution in [2.45, 2.75) is 25.3 Å². The van der Waals surface area contributed by atoms with Crippen molar-refractivity contribution in [3.05, 3.63) is 35.4 Å². The largest absolute Gasteiger partial charge is 0.355 e. The second kappa shape index (κ2) is 5.91. The number of nitrogens with one attached hydrogen (secondary N) is 2. The Kier molecular flexibility index (Phi) is 4.25. The highest BCUT2D eigenvalue weighted by Gasteiger charge is 2.20. The predicted octanol–water partition coefficient (Wildman–Crippen LogP) is 1.38. The van der Waals surface area contributed by atoms with Gasteiger partial charge in [0, 0.05) is 18.7 Å². The van der Waals surface area contributed by atoms with Crippen LogP contribution in [0.5, 0.6) is 0 Å². The van der Waals surface area contributed by atoms with E-state index in [1.807, 2.05) is 0 Å². The molecule has 3 nitrogen and oxygen atoms in total. The van der Waals surface area contributed by atoms with Gasteiger partial charge in [0.05, 0.1) is 6.54 Å². The molecule has 0 bridgehead atoms. The van der Waals surface area contributed by atoms with Crippen molar-refractivity contribution in [2.75, 3.05) is 13.1 Å². The van der Waals surface area contributed by atoms with E-state index in [9.17, 15) is 13.6 Å². The molecular weight excluding hydrogens is 238 g/mol. The van der Waals surface area contributed by atoms with Crippen LogP contribution in [0.25, 0.3) is 0 Å². The van der Waals surface area contributed by atoms with Crippen LogP contribution in [0.4, 0.5) is 8.78 Å². The van der Waals surface area contributed by atoms with Crippen molar-refractivity contribution in [2.24, 2.45) is 0 Å². The van der Waals surface area contributed by atoms with Crippen LogP contribution in [0.2, 0.25) is 0 Å². The highest BCUT2D eigenvalue weighted by molar-refractivity contribution is 5.78. The van der Waals surface area contributed by atoms with E-state index in [2.05, 4.69) is 10.6 Å². The Bertz CT molecular complexity index is 433. The van der Waals surface area contributed by atoms with E-state index >= 15 is 0 Å². The van der Waals surface area contributed by atoms with Crippen molar-refractivity contribution in [1.29, 1.82) is 0 Å². The summed E-state index contributed by atoms with van der Waals surface area (Å²) in [7, 11) is 0. The molecule has 1 aromatic carbocycles. The number of carbonyl (C=O) groups excluding carboxylic acids is 1. The highest BCUT2D eigenvalue weighted by Crippen LogP contribution is 2.17. The first-order valence-corrected chi connectivity index (χ1v) is 6.09. The van der Waals surface area contributed by atoms with Gasteiger partial charge in [0.2, 0.25) is 5.91 Å². The first kappa shape index (κ1) is 13.0. The van der Waals surface area contributed by atoms with Crippen LogP contribution in [-0.2, 0) is 11.2 Å². The monoisotopic (exact) mass is 254 g/mol. The normalized spacial score (nSPS) is 14.6. The Hall–Kier alpha value is -1.49. The van der Waals surface area contributed by atoms with Gasteiger partial charge in [0.1, 0.15) is 11.6 Å². The number of carbonyl (C=O) groups is 1. The zero-order valence-electron chi connectivity index (χ0n) is 10.0. The fourth-order valence-corrected chi connectivity index (χ4v) is 1.65. The molecule has 0 unspecified atom stereocenters. The topological polar surface area (TPSA) is 41.1 Å². The number of halogens is 2. The summed E-state index contributed by atoms with van der Waals surface area (Å²) in [6, 6.07) is 3.96. The molecule has 1 saturated carbocycles. The lowest BCUT2D eigenvalue weighted by atomic mass is 10.1. The van der Waals surface area contributed by atoms with E-state index in [0.29, 0.717) is 31.1 Å². The molecule has 1 amide bonds. The van der Waals surface area contributed by atoms with Gasteiger partial charge in [-0.2, -0.15) is 0 Å². The minimum atomic E-state index is -0.589. The SMILES string of the molecule is O=C(CNC1CC1)NCCc1ccc(F)cc1F. The van der Waals surface area contributed by atoms with Gasteiger partial charge < -0.3 is 10.6 Å². The average Bonchev–Trinajstić information content (AvgIpc) is 3.13. The van der Waals surface area contributed by atoms with E-state index in [0.717, 1.165) is 18.9 Å². The van der Waals surface area contributed by atoms with Crippen LogP contribution in [0, 0.1) is 11.6 Å². The van der Waals surface area contributed by atoms with E-state index in [1.165, 1.54) is 12.1 Å². The van der Waals surface area contributed by atoms with Gasteiger partial charge in [-0.15, -0.1) is 0 Å². The molecule has 98 valence electrons. The lowest BCUT2D eigenvalue weighted by Crippen LogP contribution is -2.35. The minimum absolute atomic E-state index is 0.0931. The van der Waals surface area contributed by atoms with Crippen molar-refractivity contribution < 1.29 is 13.6 Å². The molecule has 0 radical (unpaired) electrons. The Balaban J connectivity index is 1.68. The minimum Gasteiger partial charge on any atom is -0.355 e. The average molecular weight is 254 g/mol. The van der Waals surface area contributed by atoms with Crippen LogP contribution in [0.3, 0.4) is 0 Å². The molecule has 18 heavy (non-hydrogen) atoms. The summed E-state index contributed by atoms with van der Waals surface area (Å²) >= 11 is 0. The summed E-state index contributed by atoms with van der Waals surface area (Å²) in [4.78, 5) is 11.4. The van der Waals surface area contributed by atoms with Crippen molar-refractivity contribution in [3.8, 4) is 0 Å². The lowest BCUT2D eigenvalue weighted by Gasteiger charge is -2.06. The van der Waals surface area contributed by atoms with E-state index in [1.54, 1.807) is 0 Å². The van der Waals surface area contributed by atoms with Gasteiger partial charge in [-0.05, 0) is 30.9 Å². The quantitative estimate of drug-likeness (QED) is 0.805. The maximum Gasteiger partial charge on any atom is 0.233 e. The van der Waals surface area contributed by atoms with E-state index in [-0.39, 0.29) is 5.91 Å². The third-order valence-corrected chi connectivity index (χ3v) is 2.86. The Morgan fingerprint density at radius 2 is 2.11 bits per heavy atom. The molecule has 0 saturated heterocycles. The van der Waals surface area contributed by atoms with Crippen LogP contribution in [0.1, 0.15) is 18.4 Å². The molecule has 1 fully saturated rings. The molecular formula is C13H16F2N2O. The summed E-state index contributed by atoms with van der Waals surface area (Å²) in [5, 5.41) is 5.78. The summed E-state index contributed by atoms with van der Waals surface area (Å²) in [6.45, 7) is 0.657. The first-order valence-electron chi connectivity index (χ1n) is 6.09. The summed E-state index contributed by atoms with van der Waals surface area (Å²) in [6.07, 6.45) is 2.63. The molecule has 5 heteroatoms. The van der Waals surface area contributed by atoms with Gasteiger partial charge in [0.15, 0.2) is 0 Å². The number of hydrogen-bond acceptors (Lipinski definition) is 2. The van der Waals surface area contributed by atoms with Crippen LogP contribution >= 0.6 is 0 Å². The lowest BCUT2D eigenvalue weighted by molar-refractivity contribution is -0.120. The fourth-order valence-electron chi connectivity index (χ4n) is 1.65. The molecule has 0 spiro atoms. The van der Waals surface area contributed by atoms with Gasteiger partial charge in [-0.3, -0.25) is 4.79 Å². The number of benzene rings is 1. The molecule has 2 N–H and O–H groups in total. The maximum absolute atomic E-state index is 13.3. The van der Waals surface area contributed by atoms with Crippen LogP contribution in [0.15, 0.2) is 18.2 Å². The zero-order valence-corrected chi connectivity index (χ0v) is 10.0. The third kappa shape index (κ3) is 4.07. The molecule has 1 aliphatic rings. The maximum atomic E-state index is 13.3. The van der Waals surface area contributed by atoms with Crippen LogP contribution in [-0.4, -0.2) is 25.0 Å². The van der Waals surface area contributed by atoms with Gasteiger partial charge >= 0.3 is 0 Å². The second-order valence-corrected chi connectivity index (χ2v) is 4.49. The zero-order chi connectivity index (χ0) is 13.0. The number of rotatable bonds is 6. The fraction of sp³-hybridized carbons (Fsp3) is 0.462. The van der Waals surface area contributed by atoms with Gasteiger partial charge in [0.25, 0.3) is 0 Å². The van der Waals surface area contributed by atoms with Gasteiger partial charge in [-0.1, -0.05) is 6.07 Å². The number of hydrogen-bond donors (Lipinski definition) is 2. The van der Waals surface area contributed by atoms with Gasteiger partial charge in [-0.25, -0.2) is 8.78 Å². The molecule has 0 aromatic heterocycles. The highest BCUT2D eigenvalue weighted by atomic mass is 19.1. The Morgan fingerprint density at radius 3 is 2.78 bits per heavy atom. The molecule has 0 atom stereocenters. The number of amides is 1. The van der Waals surface area contributed by atoms with Crippen molar-refractivity contribution >= 4 is 5.91 Å². The molecule has 1 aromatic rings. The van der Waals surface area contributed by atoms with E-state index in [4.69, 9.17) is 0 Å². The predicted molar refractivity (Wildman–Crippen MR) is 64.1 cm³/mol. The molecule has 1 aliphatic carbocycles. The van der Waals surface area contributed by atoms with Crippen LogP contribution < -0.4 is 10.6 Å². The molecule has 0 heterocycles. The molecule has 2 rings (SSSR count). The summed E-state index contributed by atoms with van der Waals surface area (Å²) < 4.78 is 25.9. The summed E-state index contributed by atoms with van der Waals surface area (Å²) in [5.74, 6) is -1.25. The molecule has 0 aliphatic heterocycles. The smallest absolute Gasteiger partial charge is 0.233 e. The third-order valence-electron chi connectivity index (χ3n) is 2.86. The van der Waals surface area contributed by atoms with Crippen molar-refractivity contribution in [3.63, 3.8) is 0 Å².